The van der Waals surface area contributed by atoms with Gasteiger partial charge >= 0.3 is 5.97 Å². The first-order valence-electron chi connectivity index (χ1n) is 10.8. The summed E-state index contributed by atoms with van der Waals surface area (Å²) in [6, 6.07) is 17.2. The molecule has 0 bridgehead atoms. The number of ether oxygens (including phenoxy) is 3. The molecule has 0 saturated heterocycles. The van der Waals surface area contributed by atoms with Crippen molar-refractivity contribution in [3.8, 4) is 11.5 Å². The van der Waals surface area contributed by atoms with E-state index in [4.69, 9.17) is 14.2 Å². The topological polar surface area (TPSA) is 120 Å². The summed E-state index contributed by atoms with van der Waals surface area (Å²) in [5.41, 5.74) is 1.84. The molecule has 1 aliphatic heterocycles. The average molecular weight is 497 g/mol. The molecule has 0 radical (unpaired) electrons. The Labute approximate surface area is 203 Å². The Kier molecular flexibility index (Phi) is 6.92. The van der Waals surface area contributed by atoms with E-state index in [0.29, 0.717) is 36.1 Å². The Morgan fingerprint density at radius 2 is 1.60 bits per heavy atom. The van der Waals surface area contributed by atoms with Crippen LogP contribution in [0.1, 0.15) is 22.8 Å². The number of carbonyl (C=O) groups excluding carboxylic acids is 2. The van der Waals surface area contributed by atoms with Crippen LogP contribution < -0.4 is 19.5 Å². The predicted octanol–water partition coefficient (Wildman–Crippen LogP) is 3.75. The molecule has 10 heteroatoms. The van der Waals surface area contributed by atoms with Crippen LogP contribution in [0.15, 0.2) is 71.6 Å². The SMILES string of the molecule is Cc1ccc(NS(=O)(=O)c2cccc(C(=O)OC(C)C(=O)Nc3ccc4c(c3)OCCO4)c2)cc1. The highest BCUT2D eigenvalue weighted by molar-refractivity contribution is 7.92. The normalized spacial score (nSPS) is 13.4. The lowest BCUT2D eigenvalue weighted by Crippen LogP contribution is -2.30. The Bertz CT molecular complexity index is 1350. The first kappa shape index (κ1) is 24.1. The summed E-state index contributed by atoms with van der Waals surface area (Å²) in [6.45, 7) is 4.18. The van der Waals surface area contributed by atoms with Crippen LogP contribution in [0.25, 0.3) is 0 Å². The summed E-state index contributed by atoms with van der Waals surface area (Å²) in [4.78, 5) is 25.0. The van der Waals surface area contributed by atoms with E-state index in [2.05, 4.69) is 10.0 Å². The summed E-state index contributed by atoms with van der Waals surface area (Å²) < 4.78 is 44.2. The molecule has 0 fully saturated rings. The van der Waals surface area contributed by atoms with Crippen molar-refractivity contribution >= 4 is 33.3 Å². The molecule has 1 unspecified atom stereocenters. The molecule has 35 heavy (non-hydrogen) atoms. The standard InChI is InChI=1S/C25H24N2O7S/c1-16-6-8-19(9-7-16)27-35(30,31)21-5-3-4-18(14-21)25(29)34-17(2)24(28)26-20-10-11-22-23(15-20)33-13-12-32-22/h3-11,14-15,17,27H,12-13H2,1-2H3,(H,26,28). The van der Waals surface area contributed by atoms with Crippen molar-refractivity contribution in [1.29, 1.82) is 0 Å². The second-order valence-corrected chi connectivity index (χ2v) is 9.58. The van der Waals surface area contributed by atoms with Crippen molar-refractivity contribution in [2.75, 3.05) is 23.3 Å². The van der Waals surface area contributed by atoms with Crippen LogP contribution in [0.2, 0.25) is 0 Å². The van der Waals surface area contributed by atoms with E-state index in [9.17, 15) is 18.0 Å². The van der Waals surface area contributed by atoms with Crippen molar-refractivity contribution in [1.82, 2.24) is 0 Å². The summed E-state index contributed by atoms with van der Waals surface area (Å²) >= 11 is 0. The van der Waals surface area contributed by atoms with Crippen molar-refractivity contribution in [2.24, 2.45) is 0 Å². The van der Waals surface area contributed by atoms with E-state index in [1.165, 1.54) is 31.2 Å². The maximum Gasteiger partial charge on any atom is 0.338 e. The Balaban J connectivity index is 1.40. The van der Waals surface area contributed by atoms with Crippen molar-refractivity contribution in [2.45, 2.75) is 24.8 Å². The minimum atomic E-state index is -3.93. The Morgan fingerprint density at radius 1 is 0.914 bits per heavy atom. The summed E-state index contributed by atoms with van der Waals surface area (Å²) in [6.07, 6.45) is -1.14. The molecule has 9 nitrogen and oxygen atoms in total. The molecule has 0 spiro atoms. The van der Waals surface area contributed by atoms with Gasteiger partial charge in [0.2, 0.25) is 0 Å². The highest BCUT2D eigenvalue weighted by Gasteiger charge is 2.22. The van der Waals surface area contributed by atoms with Gasteiger partial charge in [-0.15, -0.1) is 0 Å². The fraction of sp³-hybridized carbons (Fsp3) is 0.200. The average Bonchev–Trinajstić information content (AvgIpc) is 2.85. The molecule has 0 aliphatic carbocycles. The number of hydrogen-bond donors (Lipinski definition) is 2. The van der Waals surface area contributed by atoms with Gasteiger partial charge in [0, 0.05) is 17.4 Å². The number of amides is 1. The summed E-state index contributed by atoms with van der Waals surface area (Å²) in [5, 5.41) is 2.66. The molecule has 3 aromatic rings. The van der Waals surface area contributed by atoms with Crippen molar-refractivity contribution in [3.63, 3.8) is 0 Å². The van der Waals surface area contributed by atoms with Crippen molar-refractivity contribution < 1.29 is 32.2 Å². The van der Waals surface area contributed by atoms with Gasteiger partial charge in [0.15, 0.2) is 17.6 Å². The lowest BCUT2D eigenvalue weighted by atomic mass is 10.2. The second-order valence-electron chi connectivity index (χ2n) is 7.89. The molecular weight excluding hydrogens is 472 g/mol. The molecule has 0 aromatic heterocycles. The van der Waals surface area contributed by atoms with Gasteiger partial charge < -0.3 is 19.5 Å². The zero-order valence-electron chi connectivity index (χ0n) is 19.1. The van der Waals surface area contributed by atoms with Crippen LogP contribution >= 0.6 is 0 Å². The zero-order chi connectivity index (χ0) is 25.0. The maximum atomic E-state index is 12.8. The Hall–Kier alpha value is -4.05. The zero-order valence-corrected chi connectivity index (χ0v) is 19.9. The fourth-order valence-corrected chi connectivity index (χ4v) is 4.38. The van der Waals surface area contributed by atoms with Gasteiger partial charge in [-0.05, 0) is 56.3 Å². The molecule has 3 aromatic carbocycles. The first-order chi connectivity index (χ1) is 16.7. The monoisotopic (exact) mass is 496 g/mol. The molecule has 1 amide bonds. The minimum absolute atomic E-state index is 0.00393. The molecule has 1 aliphatic rings. The smallest absolute Gasteiger partial charge is 0.338 e. The lowest BCUT2D eigenvalue weighted by Gasteiger charge is -2.19. The predicted molar refractivity (Wildman–Crippen MR) is 129 cm³/mol. The molecular formula is C25H24N2O7S. The van der Waals surface area contributed by atoms with Crippen LogP contribution in [-0.4, -0.2) is 39.6 Å². The number of benzene rings is 3. The number of sulfonamides is 1. The number of aryl methyl sites for hydroxylation is 1. The third-order valence-corrected chi connectivity index (χ3v) is 6.53. The lowest BCUT2D eigenvalue weighted by molar-refractivity contribution is -0.123. The van der Waals surface area contributed by atoms with Gasteiger partial charge in [-0.3, -0.25) is 9.52 Å². The Morgan fingerprint density at radius 3 is 2.34 bits per heavy atom. The van der Waals surface area contributed by atoms with E-state index in [1.54, 1.807) is 42.5 Å². The van der Waals surface area contributed by atoms with Crippen LogP contribution in [-0.2, 0) is 19.6 Å². The van der Waals surface area contributed by atoms with Crippen LogP contribution in [0.3, 0.4) is 0 Å². The van der Waals surface area contributed by atoms with Crippen LogP contribution in [0, 0.1) is 6.92 Å². The van der Waals surface area contributed by atoms with E-state index in [-0.39, 0.29) is 10.5 Å². The number of anilines is 2. The van der Waals surface area contributed by atoms with E-state index in [1.807, 2.05) is 6.92 Å². The van der Waals surface area contributed by atoms with Gasteiger partial charge in [0.25, 0.3) is 15.9 Å². The summed E-state index contributed by atoms with van der Waals surface area (Å²) in [5.74, 6) is -0.293. The highest BCUT2D eigenvalue weighted by Crippen LogP contribution is 2.32. The molecule has 1 heterocycles. The molecule has 0 saturated carbocycles. The summed E-state index contributed by atoms with van der Waals surface area (Å²) in [7, 11) is -3.93. The number of nitrogens with one attached hydrogen (secondary N) is 2. The fourth-order valence-electron chi connectivity index (χ4n) is 3.27. The largest absolute Gasteiger partial charge is 0.486 e. The molecule has 2 N–H and O–H groups in total. The van der Waals surface area contributed by atoms with E-state index < -0.39 is 28.0 Å². The van der Waals surface area contributed by atoms with Gasteiger partial charge in [0.05, 0.1) is 10.5 Å². The van der Waals surface area contributed by atoms with Gasteiger partial charge in [0.1, 0.15) is 13.2 Å². The third kappa shape index (κ3) is 5.90. The number of rotatable bonds is 7. The number of carbonyl (C=O) groups is 2. The molecule has 182 valence electrons. The minimum Gasteiger partial charge on any atom is -0.486 e. The molecule has 4 rings (SSSR count). The van der Waals surface area contributed by atoms with Crippen LogP contribution in [0.4, 0.5) is 11.4 Å². The van der Waals surface area contributed by atoms with Crippen LogP contribution in [0.5, 0.6) is 11.5 Å². The maximum absolute atomic E-state index is 12.8. The highest BCUT2D eigenvalue weighted by atomic mass is 32.2. The molecule has 1 atom stereocenters. The second kappa shape index (κ2) is 10.1. The number of esters is 1. The van der Waals surface area contributed by atoms with E-state index in [0.717, 1.165) is 5.56 Å². The van der Waals surface area contributed by atoms with Gasteiger partial charge in [-0.2, -0.15) is 0 Å². The first-order valence-corrected chi connectivity index (χ1v) is 12.3. The van der Waals surface area contributed by atoms with Gasteiger partial charge in [-0.25, -0.2) is 13.2 Å². The van der Waals surface area contributed by atoms with Crippen molar-refractivity contribution in [3.05, 3.63) is 77.9 Å². The van der Waals surface area contributed by atoms with E-state index >= 15 is 0 Å². The third-order valence-electron chi connectivity index (χ3n) is 5.15. The quantitative estimate of drug-likeness (QED) is 0.478. The van der Waals surface area contributed by atoms with Gasteiger partial charge in [-0.1, -0.05) is 23.8 Å². The number of fused-ring (bicyclic) bond motifs is 1. The number of hydrogen-bond acceptors (Lipinski definition) is 7.